The first kappa shape index (κ1) is 21.1. The SMILES string of the molecule is CN(Cc1ccc(F)cc1)C(=O)Nc1ccc(F)c(NC(=O)OC(C)(C)C)c1. The summed E-state index contributed by atoms with van der Waals surface area (Å²) in [6.45, 7) is 5.33. The highest BCUT2D eigenvalue weighted by atomic mass is 19.1. The smallest absolute Gasteiger partial charge is 0.412 e. The fraction of sp³-hybridized carbons (Fsp3) is 0.300. The summed E-state index contributed by atoms with van der Waals surface area (Å²) >= 11 is 0. The van der Waals surface area contributed by atoms with E-state index in [1.807, 2.05) is 0 Å². The van der Waals surface area contributed by atoms with Gasteiger partial charge in [0, 0.05) is 19.3 Å². The number of nitrogens with zero attached hydrogens (tertiary/aromatic N) is 1. The van der Waals surface area contributed by atoms with E-state index in [0.29, 0.717) is 5.69 Å². The molecule has 2 N–H and O–H groups in total. The molecule has 0 aromatic heterocycles. The van der Waals surface area contributed by atoms with Gasteiger partial charge in [-0.3, -0.25) is 5.32 Å². The second kappa shape index (κ2) is 8.69. The van der Waals surface area contributed by atoms with Gasteiger partial charge in [-0.15, -0.1) is 0 Å². The lowest BCUT2D eigenvalue weighted by atomic mass is 10.2. The number of benzene rings is 2. The van der Waals surface area contributed by atoms with Crippen molar-refractivity contribution in [2.75, 3.05) is 17.7 Å². The maximum atomic E-state index is 14.0. The van der Waals surface area contributed by atoms with Gasteiger partial charge >= 0.3 is 12.1 Å². The molecule has 0 spiro atoms. The van der Waals surface area contributed by atoms with Gasteiger partial charge in [-0.1, -0.05) is 12.1 Å². The van der Waals surface area contributed by atoms with Crippen LogP contribution in [0.4, 0.5) is 29.7 Å². The number of carbonyl (C=O) groups is 2. The summed E-state index contributed by atoms with van der Waals surface area (Å²) in [6.07, 6.45) is -0.802. The zero-order chi connectivity index (χ0) is 20.9. The maximum absolute atomic E-state index is 14.0. The van der Waals surface area contributed by atoms with E-state index in [1.165, 1.54) is 29.2 Å². The Labute approximate surface area is 162 Å². The average Bonchev–Trinajstić information content (AvgIpc) is 2.58. The number of halogens is 2. The van der Waals surface area contributed by atoms with Crippen molar-refractivity contribution in [3.8, 4) is 0 Å². The molecular formula is C20H23F2N3O3. The first-order valence-electron chi connectivity index (χ1n) is 8.59. The van der Waals surface area contributed by atoms with E-state index in [-0.39, 0.29) is 18.0 Å². The molecule has 0 saturated carbocycles. The van der Waals surface area contributed by atoms with Gasteiger partial charge in [0.25, 0.3) is 0 Å². The topological polar surface area (TPSA) is 70.7 Å². The molecule has 0 atom stereocenters. The third-order valence-electron chi connectivity index (χ3n) is 3.53. The molecule has 6 nitrogen and oxygen atoms in total. The lowest BCUT2D eigenvalue weighted by molar-refractivity contribution is 0.0635. The Bertz CT molecular complexity index is 849. The molecule has 0 bridgehead atoms. The first-order chi connectivity index (χ1) is 13.0. The van der Waals surface area contributed by atoms with Crippen molar-refractivity contribution in [1.82, 2.24) is 4.90 Å². The number of nitrogens with one attached hydrogen (secondary N) is 2. The summed E-state index contributed by atoms with van der Waals surface area (Å²) in [5, 5.41) is 4.93. The molecule has 2 aromatic rings. The Balaban J connectivity index is 2.02. The van der Waals surface area contributed by atoms with Crippen molar-refractivity contribution < 1.29 is 23.1 Å². The molecule has 0 aliphatic carbocycles. The van der Waals surface area contributed by atoms with Crippen LogP contribution in [0.15, 0.2) is 42.5 Å². The minimum atomic E-state index is -0.802. The number of rotatable bonds is 4. The highest BCUT2D eigenvalue weighted by Crippen LogP contribution is 2.21. The molecule has 0 fully saturated rings. The Morgan fingerprint density at radius 3 is 2.29 bits per heavy atom. The molecule has 0 saturated heterocycles. The van der Waals surface area contributed by atoms with Crippen molar-refractivity contribution in [2.24, 2.45) is 0 Å². The number of hydrogen-bond donors (Lipinski definition) is 2. The molecule has 0 aliphatic heterocycles. The number of urea groups is 1. The van der Waals surface area contributed by atoms with Gasteiger partial charge in [0.2, 0.25) is 0 Å². The third-order valence-corrected chi connectivity index (χ3v) is 3.53. The fourth-order valence-corrected chi connectivity index (χ4v) is 2.27. The predicted octanol–water partition coefficient (Wildman–Crippen LogP) is 4.98. The summed E-state index contributed by atoms with van der Waals surface area (Å²) in [6, 6.07) is 9.15. The summed E-state index contributed by atoms with van der Waals surface area (Å²) in [5.74, 6) is -1.02. The van der Waals surface area contributed by atoms with Gasteiger partial charge in [0.15, 0.2) is 0 Å². The lowest BCUT2D eigenvalue weighted by Crippen LogP contribution is -2.31. The zero-order valence-electron chi connectivity index (χ0n) is 16.2. The van der Waals surface area contributed by atoms with Crippen LogP contribution in [0, 0.1) is 11.6 Å². The molecule has 0 heterocycles. The van der Waals surface area contributed by atoms with E-state index < -0.39 is 23.5 Å². The van der Waals surface area contributed by atoms with Crippen LogP contribution in [0.25, 0.3) is 0 Å². The Hall–Kier alpha value is -3.16. The lowest BCUT2D eigenvalue weighted by Gasteiger charge is -2.20. The van der Waals surface area contributed by atoms with Crippen molar-refractivity contribution in [3.05, 3.63) is 59.7 Å². The average molecular weight is 391 g/mol. The summed E-state index contributed by atoms with van der Waals surface area (Å²) < 4.78 is 32.0. The fourth-order valence-electron chi connectivity index (χ4n) is 2.27. The quantitative estimate of drug-likeness (QED) is 0.773. The van der Waals surface area contributed by atoms with Crippen LogP contribution in [-0.2, 0) is 11.3 Å². The highest BCUT2D eigenvalue weighted by molar-refractivity contribution is 5.91. The van der Waals surface area contributed by atoms with Crippen LogP contribution in [0.2, 0.25) is 0 Å². The van der Waals surface area contributed by atoms with Crippen LogP contribution < -0.4 is 10.6 Å². The highest BCUT2D eigenvalue weighted by Gasteiger charge is 2.18. The van der Waals surface area contributed by atoms with Crippen LogP contribution in [0.5, 0.6) is 0 Å². The zero-order valence-corrected chi connectivity index (χ0v) is 16.2. The first-order valence-corrected chi connectivity index (χ1v) is 8.59. The number of carbonyl (C=O) groups excluding carboxylic acids is 2. The molecule has 0 radical (unpaired) electrons. The molecule has 2 rings (SSSR count). The standard InChI is InChI=1S/C20H23F2N3O3/c1-20(2,3)28-19(27)24-17-11-15(9-10-16(17)22)23-18(26)25(4)12-13-5-7-14(21)8-6-13/h5-11H,12H2,1-4H3,(H,23,26)(H,24,27). The number of amides is 3. The van der Waals surface area contributed by atoms with Crippen molar-refractivity contribution >= 4 is 23.5 Å². The molecule has 150 valence electrons. The molecule has 8 heteroatoms. The van der Waals surface area contributed by atoms with E-state index in [1.54, 1.807) is 40.0 Å². The van der Waals surface area contributed by atoms with Gasteiger partial charge in [-0.25, -0.2) is 18.4 Å². The second-order valence-corrected chi connectivity index (χ2v) is 7.23. The third kappa shape index (κ3) is 6.53. The number of anilines is 2. The van der Waals surface area contributed by atoms with Gasteiger partial charge in [0.05, 0.1) is 5.69 Å². The monoisotopic (exact) mass is 391 g/mol. The van der Waals surface area contributed by atoms with Crippen molar-refractivity contribution in [2.45, 2.75) is 32.9 Å². The number of ether oxygens (including phenoxy) is 1. The van der Waals surface area contributed by atoms with Crippen LogP contribution >= 0.6 is 0 Å². The van der Waals surface area contributed by atoms with Gasteiger partial charge < -0.3 is 15.0 Å². The van der Waals surface area contributed by atoms with Crippen LogP contribution in [0.1, 0.15) is 26.3 Å². The van der Waals surface area contributed by atoms with E-state index >= 15 is 0 Å². The molecular weight excluding hydrogens is 368 g/mol. The minimum Gasteiger partial charge on any atom is -0.444 e. The van der Waals surface area contributed by atoms with Gasteiger partial charge in [-0.2, -0.15) is 0 Å². The summed E-state index contributed by atoms with van der Waals surface area (Å²) in [4.78, 5) is 25.5. The second-order valence-electron chi connectivity index (χ2n) is 7.23. The van der Waals surface area contributed by atoms with E-state index in [9.17, 15) is 18.4 Å². The van der Waals surface area contributed by atoms with Gasteiger partial charge in [-0.05, 0) is 56.7 Å². The van der Waals surface area contributed by atoms with Crippen LogP contribution in [0.3, 0.4) is 0 Å². The maximum Gasteiger partial charge on any atom is 0.412 e. The molecule has 0 aliphatic rings. The van der Waals surface area contributed by atoms with Crippen LogP contribution in [-0.4, -0.2) is 29.7 Å². The molecule has 3 amide bonds. The Morgan fingerprint density at radius 2 is 1.68 bits per heavy atom. The number of hydrogen-bond acceptors (Lipinski definition) is 3. The van der Waals surface area contributed by atoms with E-state index in [2.05, 4.69) is 10.6 Å². The largest absolute Gasteiger partial charge is 0.444 e. The summed E-state index contributed by atoms with van der Waals surface area (Å²) in [5.41, 5.74) is 0.206. The summed E-state index contributed by atoms with van der Waals surface area (Å²) in [7, 11) is 1.57. The molecule has 28 heavy (non-hydrogen) atoms. The van der Waals surface area contributed by atoms with Gasteiger partial charge in [0.1, 0.15) is 17.2 Å². The Morgan fingerprint density at radius 1 is 1.04 bits per heavy atom. The van der Waals surface area contributed by atoms with E-state index in [0.717, 1.165) is 11.6 Å². The van der Waals surface area contributed by atoms with E-state index in [4.69, 9.17) is 4.74 Å². The predicted molar refractivity (Wildman–Crippen MR) is 103 cm³/mol. The normalized spacial score (nSPS) is 10.9. The molecule has 0 unspecified atom stereocenters. The van der Waals surface area contributed by atoms with Crippen molar-refractivity contribution in [1.29, 1.82) is 0 Å². The minimum absolute atomic E-state index is 0.117. The molecule has 2 aromatic carbocycles. The Kier molecular flexibility index (Phi) is 6.56. The van der Waals surface area contributed by atoms with Crippen molar-refractivity contribution in [3.63, 3.8) is 0 Å².